The van der Waals surface area contributed by atoms with E-state index in [2.05, 4.69) is 15.4 Å². The van der Waals surface area contributed by atoms with Gasteiger partial charge in [0.25, 0.3) is 5.56 Å². The fourth-order valence-corrected chi connectivity index (χ4v) is 3.92. The number of ether oxygens (including phenoxy) is 2. The summed E-state index contributed by atoms with van der Waals surface area (Å²) in [5, 5.41) is 10.1. The molecule has 0 saturated heterocycles. The highest BCUT2D eigenvalue weighted by Gasteiger charge is 2.12. The largest absolute Gasteiger partial charge is 0.493 e. The molecule has 0 bridgehead atoms. The molecular weight excluding hydrogens is 440 g/mol. The first-order chi connectivity index (χ1) is 16.0. The summed E-state index contributed by atoms with van der Waals surface area (Å²) in [5.41, 5.74) is 3.27. The van der Waals surface area contributed by atoms with E-state index < -0.39 is 0 Å². The Morgan fingerprint density at radius 2 is 1.79 bits per heavy atom. The molecule has 2 heterocycles. The molecule has 2 aromatic carbocycles. The summed E-state index contributed by atoms with van der Waals surface area (Å²) >= 11 is 1.57. The number of hydrogen-bond donors (Lipinski definition) is 1. The van der Waals surface area contributed by atoms with Gasteiger partial charge in [-0.25, -0.2) is 9.67 Å². The van der Waals surface area contributed by atoms with Gasteiger partial charge in [0, 0.05) is 28.3 Å². The second-order valence-corrected chi connectivity index (χ2v) is 8.23. The van der Waals surface area contributed by atoms with E-state index in [1.165, 1.54) is 6.07 Å². The maximum absolute atomic E-state index is 12.7. The number of nitrogens with one attached hydrogen (secondary N) is 1. The normalized spacial score (nSPS) is 10.6. The second kappa shape index (κ2) is 9.66. The Morgan fingerprint density at radius 3 is 2.52 bits per heavy atom. The minimum atomic E-state index is -0.374. The minimum Gasteiger partial charge on any atom is -0.493 e. The number of aryl methyl sites for hydroxylation is 1. The van der Waals surface area contributed by atoms with Crippen LogP contribution in [0.5, 0.6) is 11.5 Å². The van der Waals surface area contributed by atoms with E-state index >= 15 is 0 Å². The van der Waals surface area contributed by atoms with Crippen LogP contribution in [0.15, 0.2) is 64.8 Å². The van der Waals surface area contributed by atoms with Gasteiger partial charge in [0.1, 0.15) is 6.54 Å². The van der Waals surface area contributed by atoms with Crippen LogP contribution in [-0.2, 0) is 11.3 Å². The van der Waals surface area contributed by atoms with Crippen LogP contribution in [0.3, 0.4) is 0 Å². The third kappa shape index (κ3) is 5.09. The number of amides is 1. The van der Waals surface area contributed by atoms with Crippen LogP contribution in [0.4, 0.5) is 5.69 Å². The summed E-state index contributed by atoms with van der Waals surface area (Å²) in [6.45, 7) is 1.72. The van der Waals surface area contributed by atoms with Crippen LogP contribution in [0.2, 0.25) is 0 Å². The van der Waals surface area contributed by atoms with Crippen molar-refractivity contribution in [2.75, 3.05) is 19.5 Å². The maximum atomic E-state index is 12.7. The average Bonchev–Trinajstić information content (AvgIpc) is 3.26. The lowest BCUT2D eigenvalue weighted by molar-refractivity contribution is -0.117. The van der Waals surface area contributed by atoms with Crippen LogP contribution in [0.1, 0.15) is 5.01 Å². The van der Waals surface area contributed by atoms with Gasteiger partial charge >= 0.3 is 0 Å². The van der Waals surface area contributed by atoms with Crippen molar-refractivity contribution in [2.24, 2.45) is 0 Å². The molecule has 0 aliphatic heterocycles. The number of hydrogen-bond acceptors (Lipinski definition) is 7. The zero-order valence-corrected chi connectivity index (χ0v) is 19.2. The molecule has 4 rings (SSSR count). The molecule has 2 aromatic heterocycles. The Kier molecular flexibility index (Phi) is 6.50. The summed E-state index contributed by atoms with van der Waals surface area (Å²) in [6.07, 6.45) is 0. The number of aromatic nitrogens is 3. The molecule has 1 amide bonds. The van der Waals surface area contributed by atoms with Gasteiger partial charge in [-0.3, -0.25) is 9.59 Å². The van der Waals surface area contributed by atoms with Gasteiger partial charge in [0.2, 0.25) is 5.91 Å². The molecule has 8 nitrogen and oxygen atoms in total. The SMILES string of the molecule is COc1ccc(-c2ccc(=O)n(CC(=O)Nc3cccc(-c4csc(C)n4)c3)n2)cc1OC. The van der Waals surface area contributed by atoms with Crippen molar-refractivity contribution in [3.63, 3.8) is 0 Å². The van der Waals surface area contributed by atoms with Gasteiger partial charge in [0.05, 0.1) is 30.6 Å². The number of benzene rings is 2. The number of anilines is 1. The molecule has 168 valence electrons. The van der Waals surface area contributed by atoms with Crippen LogP contribution < -0.4 is 20.3 Å². The Bertz CT molecular complexity index is 1360. The number of rotatable bonds is 7. The van der Waals surface area contributed by atoms with Gasteiger partial charge in [-0.05, 0) is 43.3 Å². The fourth-order valence-electron chi connectivity index (χ4n) is 3.30. The first kappa shape index (κ1) is 22.2. The third-order valence-electron chi connectivity index (χ3n) is 4.90. The van der Waals surface area contributed by atoms with Crippen LogP contribution in [-0.4, -0.2) is 34.9 Å². The molecule has 9 heteroatoms. The fraction of sp³-hybridized carbons (Fsp3) is 0.167. The average molecular weight is 463 g/mol. The first-order valence-electron chi connectivity index (χ1n) is 10.1. The Balaban J connectivity index is 1.53. The van der Waals surface area contributed by atoms with E-state index in [0.717, 1.165) is 26.5 Å². The second-order valence-electron chi connectivity index (χ2n) is 7.16. The monoisotopic (exact) mass is 462 g/mol. The van der Waals surface area contributed by atoms with Crippen LogP contribution in [0, 0.1) is 6.92 Å². The third-order valence-corrected chi connectivity index (χ3v) is 5.67. The van der Waals surface area contributed by atoms with Crippen molar-refractivity contribution in [3.05, 3.63) is 75.3 Å². The molecule has 0 spiro atoms. The predicted molar refractivity (Wildman–Crippen MR) is 128 cm³/mol. The molecule has 1 N–H and O–H groups in total. The van der Waals surface area contributed by atoms with Gasteiger partial charge in [-0.2, -0.15) is 5.10 Å². The molecule has 0 radical (unpaired) electrons. The number of methoxy groups -OCH3 is 2. The number of thiazole rings is 1. The molecule has 0 atom stereocenters. The van der Waals surface area contributed by atoms with E-state index in [1.54, 1.807) is 49.8 Å². The minimum absolute atomic E-state index is 0.222. The highest BCUT2D eigenvalue weighted by Crippen LogP contribution is 2.31. The first-order valence-corrected chi connectivity index (χ1v) is 11.0. The number of nitrogens with zero attached hydrogens (tertiary/aromatic N) is 3. The van der Waals surface area contributed by atoms with Gasteiger partial charge in [-0.15, -0.1) is 11.3 Å². The van der Waals surface area contributed by atoms with Crippen molar-refractivity contribution < 1.29 is 14.3 Å². The molecule has 33 heavy (non-hydrogen) atoms. The lowest BCUT2D eigenvalue weighted by Gasteiger charge is -2.11. The molecule has 0 saturated carbocycles. The lowest BCUT2D eigenvalue weighted by Crippen LogP contribution is -2.29. The Labute approximate surface area is 194 Å². The maximum Gasteiger partial charge on any atom is 0.267 e. The molecule has 0 unspecified atom stereocenters. The molecule has 0 aliphatic carbocycles. The van der Waals surface area contributed by atoms with Crippen molar-refractivity contribution >= 4 is 22.9 Å². The summed E-state index contributed by atoms with van der Waals surface area (Å²) in [7, 11) is 3.10. The summed E-state index contributed by atoms with van der Waals surface area (Å²) in [4.78, 5) is 29.5. The van der Waals surface area contributed by atoms with E-state index in [4.69, 9.17) is 9.47 Å². The lowest BCUT2D eigenvalue weighted by atomic mass is 10.1. The summed E-state index contributed by atoms with van der Waals surface area (Å²) in [6, 6.07) is 15.7. The summed E-state index contributed by atoms with van der Waals surface area (Å²) < 4.78 is 11.7. The quantitative estimate of drug-likeness (QED) is 0.446. The van der Waals surface area contributed by atoms with Crippen molar-refractivity contribution in [1.82, 2.24) is 14.8 Å². The molecule has 0 aliphatic rings. The smallest absolute Gasteiger partial charge is 0.267 e. The number of carbonyl (C=O) groups is 1. The van der Waals surface area contributed by atoms with E-state index in [1.807, 2.05) is 36.6 Å². The Morgan fingerprint density at radius 1 is 1.00 bits per heavy atom. The van der Waals surface area contributed by atoms with Gasteiger partial charge in [-0.1, -0.05) is 12.1 Å². The zero-order chi connectivity index (χ0) is 23.4. The van der Waals surface area contributed by atoms with E-state index in [9.17, 15) is 9.59 Å². The van der Waals surface area contributed by atoms with Gasteiger partial charge < -0.3 is 14.8 Å². The van der Waals surface area contributed by atoms with Crippen molar-refractivity contribution in [3.8, 4) is 34.0 Å². The number of carbonyl (C=O) groups excluding carboxylic acids is 1. The topological polar surface area (TPSA) is 95.3 Å². The van der Waals surface area contributed by atoms with E-state index in [0.29, 0.717) is 22.9 Å². The van der Waals surface area contributed by atoms with Crippen LogP contribution in [0.25, 0.3) is 22.5 Å². The standard InChI is InChI=1S/C24H22N4O4S/c1-15-25-20(14-33-15)16-5-4-6-18(11-16)26-23(29)13-28-24(30)10-8-19(27-28)17-7-9-21(31-2)22(12-17)32-3/h4-12,14H,13H2,1-3H3,(H,26,29). The highest BCUT2D eigenvalue weighted by atomic mass is 32.1. The van der Waals surface area contributed by atoms with Crippen LogP contribution >= 0.6 is 11.3 Å². The predicted octanol–water partition coefficient (Wildman–Crippen LogP) is 4.00. The molecular formula is C24H22N4O4S. The van der Waals surface area contributed by atoms with Crippen molar-refractivity contribution in [1.29, 1.82) is 0 Å². The van der Waals surface area contributed by atoms with Crippen molar-refractivity contribution in [2.45, 2.75) is 13.5 Å². The highest BCUT2D eigenvalue weighted by molar-refractivity contribution is 7.09. The summed E-state index contributed by atoms with van der Waals surface area (Å²) in [5.74, 6) is 0.771. The molecule has 4 aromatic rings. The zero-order valence-electron chi connectivity index (χ0n) is 18.4. The van der Waals surface area contributed by atoms with E-state index in [-0.39, 0.29) is 18.0 Å². The van der Waals surface area contributed by atoms with Gasteiger partial charge in [0.15, 0.2) is 11.5 Å². The molecule has 0 fully saturated rings. The Hall–Kier alpha value is -3.98.